The first kappa shape index (κ1) is 22.5. The second-order valence-corrected chi connectivity index (χ2v) is 10.2. The maximum absolute atomic E-state index is 12.9. The van der Waals surface area contributed by atoms with Crippen LogP contribution in [0.3, 0.4) is 0 Å². The van der Waals surface area contributed by atoms with Gasteiger partial charge in [0.05, 0.1) is 11.8 Å². The van der Waals surface area contributed by atoms with Crippen molar-refractivity contribution in [1.29, 1.82) is 0 Å². The SMILES string of the molecule is CCC(NC(=O)C1CCN(S(=O)(=O)Cc2ccccc2)CC1)c1ccc(C)cc1C. The van der Waals surface area contributed by atoms with Gasteiger partial charge in [0.1, 0.15) is 0 Å². The maximum atomic E-state index is 12.9. The largest absolute Gasteiger partial charge is 0.349 e. The minimum Gasteiger partial charge on any atom is -0.349 e. The summed E-state index contributed by atoms with van der Waals surface area (Å²) in [6, 6.07) is 15.5. The van der Waals surface area contributed by atoms with Crippen molar-refractivity contribution in [2.45, 2.75) is 51.8 Å². The molecule has 0 bridgehead atoms. The average molecular weight is 429 g/mol. The summed E-state index contributed by atoms with van der Waals surface area (Å²) in [4.78, 5) is 12.9. The van der Waals surface area contributed by atoms with Crippen LogP contribution in [0.15, 0.2) is 48.5 Å². The highest BCUT2D eigenvalue weighted by molar-refractivity contribution is 7.88. The smallest absolute Gasteiger partial charge is 0.223 e. The number of hydrogen-bond acceptors (Lipinski definition) is 3. The maximum Gasteiger partial charge on any atom is 0.223 e. The van der Waals surface area contributed by atoms with E-state index in [9.17, 15) is 13.2 Å². The van der Waals surface area contributed by atoms with Gasteiger partial charge in [0.15, 0.2) is 0 Å². The summed E-state index contributed by atoms with van der Waals surface area (Å²) < 4.78 is 27.0. The molecule has 1 saturated heterocycles. The van der Waals surface area contributed by atoms with Crippen molar-refractivity contribution < 1.29 is 13.2 Å². The second kappa shape index (κ2) is 9.75. The fraction of sp³-hybridized carbons (Fsp3) is 0.458. The molecule has 1 heterocycles. The van der Waals surface area contributed by atoms with E-state index >= 15 is 0 Å². The molecule has 1 aliphatic heterocycles. The van der Waals surface area contributed by atoms with Gasteiger partial charge >= 0.3 is 0 Å². The molecule has 1 N–H and O–H groups in total. The Balaban J connectivity index is 1.58. The normalized spacial score (nSPS) is 16.9. The standard InChI is InChI=1S/C24H32N2O3S/c1-4-23(22-11-10-18(2)16-19(22)3)25-24(27)21-12-14-26(15-13-21)30(28,29)17-20-8-6-5-7-9-20/h5-11,16,21,23H,4,12-15,17H2,1-3H3,(H,25,27). The van der Waals surface area contributed by atoms with Gasteiger partial charge in [0.2, 0.25) is 15.9 Å². The molecule has 2 aromatic rings. The predicted molar refractivity (Wildman–Crippen MR) is 120 cm³/mol. The minimum absolute atomic E-state index is 0.00924. The van der Waals surface area contributed by atoms with Gasteiger partial charge in [0.25, 0.3) is 0 Å². The quantitative estimate of drug-likeness (QED) is 0.722. The highest BCUT2D eigenvalue weighted by Crippen LogP contribution is 2.25. The first-order chi connectivity index (χ1) is 14.3. The van der Waals surface area contributed by atoms with Crippen molar-refractivity contribution in [3.8, 4) is 0 Å². The Labute approximate surface area is 180 Å². The third kappa shape index (κ3) is 5.49. The van der Waals surface area contributed by atoms with Gasteiger partial charge in [-0.2, -0.15) is 0 Å². The van der Waals surface area contributed by atoms with Gasteiger partial charge < -0.3 is 5.32 Å². The van der Waals surface area contributed by atoms with Crippen LogP contribution in [0.25, 0.3) is 0 Å². The third-order valence-corrected chi connectivity index (χ3v) is 7.79. The lowest BCUT2D eigenvalue weighted by molar-refractivity contribution is -0.126. The van der Waals surface area contributed by atoms with Gasteiger partial charge in [-0.25, -0.2) is 12.7 Å². The van der Waals surface area contributed by atoms with E-state index in [1.165, 1.54) is 15.4 Å². The Morgan fingerprint density at radius 2 is 1.77 bits per heavy atom. The number of carbonyl (C=O) groups is 1. The van der Waals surface area contributed by atoms with E-state index in [4.69, 9.17) is 0 Å². The van der Waals surface area contributed by atoms with Crippen LogP contribution in [0, 0.1) is 19.8 Å². The molecule has 6 heteroatoms. The zero-order valence-corrected chi connectivity index (χ0v) is 18.9. The molecule has 0 saturated carbocycles. The molecule has 1 atom stereocenters. The summed E-state index contributed by atoms with van der Waals surface area (Å²) in [7, 11) is -3.36. The molecule has 1 aliphatic rings. The molecule has 1 fully saturated rings. The van der Waals surface area contributed by atoms with Crippen LogP contribution >= 0.6 is 0 Å². The molecule has 3 rings (SSSR count). The zero-order chi connectivity index (χ0) is 21.7. The molecule has 2 aromatic carbocycles. The van der Waals surface area contributed by atoms with Crippen molar-refractivity contribution in [3.05, 3.63) is 70.8 Å². The Hall–Kier alpha value is -2.18. The number of piperidine rings is 1. The molecule has 1 amide bonds. The van der Waals surface area contributed by atoms with Crippen LogP contribution in [0.4, 0.5) is 0 Å². The molecule has 0 aromatic heterocycles. The van der Waals surface area contributed by atoms with Crippen LogP contribution in [0.1, 0.15) is 54.5 Å². The Morgan fingerprint density at radius 3 is 2.37 bits per heavy atom. The van der Waals surface area contributed by atoms with E-state index in [-0.39, 0.29) is 23.6 Å². The molecule has 30 heavy (non-hydrogen) atoms. The fourth-order valence-corrected chi connectivity index (χ4v) is 5.74. The summed E-state index contributed by atoms with van der Waals surface area (Å²) in [6.45, 7) is 7.01. The van der Waals surface area contributed by atoms with Crippen molar-refractivity contribution in [2.24, 2.45) is 5.92 Å². The monoisotopic (exact) mass is 428 g/mol. The summed E-state index contributed by atoms with van der Waals surface area (Å²) in [5, 5.41) is 3.20. The van der Waals surface area contributed by atoms with Crippen LogP contribution in [-0.4, -0.2) is 31.7 Å². The van der Waals surface area contributed by atoms with E-state index in [0.717, 1.165) is 17.5 Å². The van der Waals surface area contributed by atoms with Gasteiger partial charge in [-0.3, -0.25) is 4.79 Å². The van der Waals surface area contributed by atoms with E-state index < -0.39 is 10.0 Å². The molecule has 5 nitrogen and oxygen atoms in total. The number of carbonyl (C=O) groups excluding carboxylic acids is 1. The molecule has 162 valence electrons. The van der Waals surface area contributed by atoms with Crippen LogP contribution in [0.2, 0.25) is 0 Å². The van der Waals surface area contributed by atoms with Crippen LogP contribution in [-0.2, 0) is 20.6 Å². The lowest BCUT2D eigenvalue weighted by Gasteiger charge is -2.31. The summed E-state index contributed by atoms with van der Waals surface area (Å²) in [5.74, 6) is -0.107. The molecular weight excluding hydrogens is 396 g/mol. The first-order valence-corrected chi connectivity index (χ1v) is 12.3. The third-order valence-electron chi connectivity index (χ3n) is 5.94. The van der Waals surface area contributed by atoms with E-state index in [2.05, 4.69) is 44.3 Å². The van der Waals surface area contributed by atoms with Crippen molar-refractivity contribution in [3.63, 3.8) is 0 Å². The lowest BCUT2D eigenvalue weighted by Crippen LogP contribution is -2.44. The number of amides is 1. The van der Waals surface area contributed by atoms with E-state index in [1.807, 2.05) is 30.3 Å². The summed E-state index contributed by atoms with van der Waals surface area (Å²) in [5.41, 5.74) is 4.33. The zero-order valence-electron chi connectivity index (χ0n) is 18.1. The molecule has 0 aliphatic carbocycles. The number of nitrogens with zero attached hydrogens (tertiary/aromatic N) is 1. The topological polar surface area (TPSA) is 66.5 Å². The average Bonchev–Trinajstić information content (AvgIpc) is 2.73. The highest BCUT2D eigenvalue weighted by Gasteiger charge is 2.32. The second-order valence-electron chi connectivity index (χ2n) is 8.24. The Bertz CT molecular complexity index is 965. The number of benzene rings is 2. The lowest BCUT2D eigenvalue weighted by atomic mass is 9.94. The van der Waals surface area contributed by atoms with Gasteiger partial charge in [0, 0.05) is 19.0 Å². The summed E-state index contributed by atoms with van der Waals surface area (Å²) >= 11 is 0. The Morgan fingerprint density at radius 1 is 1.10 bits per heavy atom. The van der Waals surface area contributed by atoms with Crippen molar-refractivity contribution in [1.82, 2.24) is 9.62 Å². The van der Waals surface area contributed by atoms with Gasteiger partial charge in [-0.1, -0.05) is 61.0 Å². The van der Waals surface area contributed by atoms with Crippen molar-refractivity contribution >= 4 is 15.9 Å². The van der Waals surface area contributed by atoms with Crippen LogP contribution < -0.4 is 5.32 Å². The highest BCUT2D eigenvalue weighted by atomic mass is 32.2. The fourth-order valence-electron chi connectivity index (χ4n) is 4.18. The molecular formula is C24H32N2O3S. The van der Waals surface area contributed by atoms with Gasteiger partial charge in [-0.15, -0.1) is 0 Å². The minimum atomic E-state index is -3.36. The molecule has 1 unspecified atom stereocenters. The van der Waals surface area contributed by atoms with E-state index in [1.54, 1.807) is 0 Å². The van der Waals surface area contributed by atoms with Gasteiger partial charge in [-0.05, 0) is 49.8 Å². The number of aryl methyl sites for hydroxylation is 2. The van der Waals surface area contributed by atoms with E-state index in [0.29, 0.717) is 25.9 Å². The van der Waals surface area contributed by atoms with Crippen LogP contribution in [0.5, 0.6) is 0 Å². The number of hydrogen-bond donors (Lipinski definition) is 1. The predicted octanol–water partition coefficient (Wildman–Crippen LogP) is 4.11. The molecule has 0 radical (unpaired) electrons. The number of nitrogens with one attached hydrogen (secondary N) is 1. The number of sulfonamides is 1. The van der Waals surface area contributed by atoms with Crippen molar-refractivity contribution in [2.75, 3.05) is 13.1 Å². The molecule has 0 spiro atoms. The number of rotatable bonds is 7. The first-order valence-electron chi connectivity index (χ1n) is 10.7. The summed E-state index contributed by atoms with van der Waals surface area (Å²) in [6.07, 6.45) is 1.94. The Kier molecular flexibility index (Phi) is 7.32.